The van der Waals surface area contributed by atoms with Gasteiger partial charge in [0.2, 0.25) is 11.8 Å². The number of aliphatic carboxylic acids is 1. The second kappa shape index (κ2) is 9.43. The number of carboxylic acid groups (broad SMARTS) is 1. The first-order chi connectivity index (χ1) is 10.9. The molecule has 0 spiro atoms. The number of hydrogen-bond donors (Lipinski definition) is 5. The van der Waals surface area contributed by atoms with Crippen molar-refractivity contribution in [2.45, 2.75) is 50.2 Å². The summed E-state index contributed by atoms with van der Waals surface area (Å²) >= 11 is 0. The Bertz CT molecular complexity index is 431. The summed E-state index contributed by atoms with van der Waals surface area (Å²) in [5.41, 5.74) is 10.9. The molecule has 1 aliphatic heterocycles. The third-order valence-corrected chi connectivity index (χ3v) is 3.92. The van der Waals surface area contributed by atoms with Crippen molar-refractivity contribution in [1.82, 2.24) is 10.2 Å². The summed E-state index contributed by atoms with van der Waals surface area (Å²) in [6.07, 6.45) is 2.67. The first-order valence-electron chi connectivity index (χ1n) is 7.82. The van der Waals surface area contributed by atoms with Gasteiger partial charge in [-0.3, -0.25) is 9.59 Å². The minimum Gasteiger partial charge on any atom is -0.480 e. The number of nitrogens with one attached hydrogen (secondary N) is 1. The molecule has 1 aliphatic rings. The van der Waals surface area contributed by atoms with Gasteiger partial charge in [0.25, 0.3) is 0 Å². The Morgan fingerprint density at radius 2 is 2.00 bits per heavy atom. The minimum absolute atomic E-state index is 0.350. The van der Waals surface area contributed by atoms with Gasteiger partial charge in [-0.15, -0.1) is 0 Å². The summed E-state index contributed by atoms with van der Waals surface area (Å²) in [4.78, 5) is 37.0. The van der Waals surface area contributed by atoms with E-state index in [2.05, 4.69) is 5.32 Å². The zero-order chi connectivity index (χ0) is 17.4. The lowest BCUT2D eigenvalue weighted by Gasteiger charge is -2.28. The van der Waals surface area contributed by atoms with Crippen LogP contribution in [0.5, 0.6) is 0 Å². The third-order valence-electron chi connectivity index (χ3n) is 3.92. The smallest absolute Gasteiger partial charge is 0.326 e. The number of carbonyl (C=O) groups is 3. The molecule has 9 heteroatoms. The van der Waals surface area contributed by atoms with Crippen LogP contribution in [0.15, 0.2) is 0 Å². The van der Waals surface area contributed by atoms with Gasteiger partial charge in [0, 0.05) is 6.54 Å². The van der Waals surface area contributed by atoms with Crippen LogP contribution in [0, 0.1) is 0 Å². The van der Waals surface area contributed by atoms with Crippen LogP contribution in [-0.2, 0) is 14.4 Å². The number of unbranched alkanes of at least 4 members (excludes halogenated alkanes) is 1. The van der Waals surface area contributed by atoms with E-state index >= 15 is 0 Å². The highest BCUT2D eigenvalue weighted by atomic mass is 16.4. The molecule has 0 aromatic heterocycles. The second-order valence-corrected chi connectivity index (χ2v) is 5.66. The molecule has 0 aromatic rings. The van der Waals surface area contributed by atoms with Crippen molar-refractivity contribution in [3.8, 4) is 0 Å². The topological polar surface area (TPSA) is 159 Å². The number of rotatable bonds is 9. The minimum atomic E-state index is -1.12. The van der Waals surface area contributed by atoms with E-state index in [0.717, 1.165) is 0 Å². The van der Waals surface area contributed by atoms with E-state index < -0.39 is 42.5 Å². The van der Waals surface area contributed by atoms with Crippen molar-refractivity contribution in [2.24, 2.45) is 11.5 Å². The van der Waals surface area contributed by atoms with Crippen molar-refractivity contribution in [1.29, 1.82) is 0 Å². The highest BCUT2D eigenvalue weighted by molar-refractivity contribution is 5.92. The van der Waals surface area contributed by atoms with Gasteiger partial charge in [-0.05, 0) is 38.6 Å². The fraction of sp³-hybridized carbons (Fsp3) is 0.786. The number of aliphatic hydroxyl groups is 1. The van der Waals surface area contributed by atoms with Gasteiger partial charge in [0.05, 0.1) is 6.61 Å². The molecule has 132 valence electrons. The van der Waals surface area contributed by atoms with Crippen molar-refractivity contribution in [3.63, 3.8) is 0 Å². The molecule has 23 heavy (non-hydrogen) atoms. The van der Waals surface area contributed by atoms with Crippen LogP contribution in [0.25, 0.3) is 0 Å². The number of carbonyl (C=O) groups excluding carboxylic acids is 2. The molecule has 0 bridgehead atoms. The zero-order valence-corrected chi connectivity index (χ0v) is 13.1. The second-order valence-electron chi connectivity index (χ2n) is 5.66. The lowest BCUT2D eigenvalue weighted by molar-refractivity contribution is -0.149. The van der Waals surface area contributed by atoms with Gasteiger partial charge < -0.3 is 31.9 Å². The van der Waals surface area contributed by atoms with Crippen LogP contribution in [0.2, 0.25) is 0 Å². The van der Waals surface area contributed by atoms with E-state index in [-0.39, 0.29) is 0 Å². The normalized spacial score (nSPS) is 20.1. The van der Waals surface area contributed by atoms with Crippen LogP contribution in [-0.4, -0.2) is 70.7 Å². The van der Waals surface area contributed by atoms with E-state index in [1.54, 1.807) is 0 Å². The Labute approximate surface area is 135 Å². The van der Waals surface area contributed by atoms with Crippen molar-refractivity contribution in [3.05, 3.63) is 0 Å². The molecule has 0 radical (unpaired) electrons. The van der Waals surface area contributed by atoms with Crippen LogP contribution >= 0.6 is 0 Å². The fourth-order valence-electron chi connectivity index (χ4n) is 2.60. The first kappa shape index (κ1) is 19.3. The maximum absolute atomic E-state index is 12.6. The molecule has 1 saturated heterocycles. The molecule has 3 atom stereocenters. The average molecular weight is 330 g/mol. The lowest BCUT2D eigenvalue weighted by Crippen LogP contribution is -2.55. The van der Waals surface area contributed by atoms with Crippen molar-refractivity contribution < 1.29 is 24.6 Å². The molecule has 0 aromatic carbocycles. The predicted molar refractivity (Wildman–Crippen MR) is 82.3 cm³/mol. The molecular weight excluding hydrogens is 304 g/mol. The van der Waals surface area contributed by atoms with Crippen molar-refractivity contribution >= 4 is 17.8 Å². The number of amides is 2. The van der Waals surface area contributed by atoms with Gasteiger partial charge >= 0.3 is 5.97 Å². The summed E-state index contributed by atoms with van der Waals surface area (Å²) in [6.45, 7) is 0.286. The molecular formula is C14H26N4O5. The highest BCUT2D eigenvalue weighted by Crippen LogP contribution is 2.19. The summed E-state index contributed by atoms with van der Waals surface area (Å²) in [6, 6.07) is -2.83. The van der Waals surface area contributed by atoms with Crippen LogP contribution in [0.4, 0.5) is 0 Å². The maximum atomic E-state index is 12.6. The Kier molecular flexibility index (Phi) is 7.93. The van der Waals surface area contributed by atoms with E-state index in [4.69, 9.17) is 16.6 Å². The van der Waals surface area contributed by atoms with E-state index in [1.165, 1.54) is 4.90 Å². The predicted octanol–water partition coefficient (Wildman–Crippen LogP) is -2.00. The highest BCUT2D eigenvalue weighted by Gasteiger charge is 2.37. The molecule has 1 rings (SSSR count). The van der Waals surface area contributed by atoms with E-state index in [0.29, 0.717) is 45.2 Å². The molecule has 1 heterocycles. The number of aliphatic hydroxyl groups excluding tert-OH is 1. The molecule has 0 saturated carbocycles. The number of hydrogen-bond acceptors (Lipinski definition) is 6. The molecule has 0 unspecified atom stereocenters. The van der Waals surface area contributed by atoms with Crippen LogP contribution in [0.3, 0.4) is 0 Å². The molecule has 2 amide bonds. The lowest BCUT2D eigenvalue weighted by atomic mass is 10.1. The quantitative estimate of drug-likeness (QED) is 0.306. The Morgan fingerprint density at radius 1 is 1.30 bits per heavy atom. The number of nitrogens with zero attached hydrogens (tertiary/aromatic N) is 1. The van der Waals surface area contributed by atoms with Gasteiger partial charge in [-0.1, -0.05) is 0 Å². The van der Waals surface area contributed by atoms with Gasteiger partial charge in [-0.25, -0.2) is 4.79 Å². The molecule has 7 N–H and O–H groups in total. The number of nitrogens with two attached hydrogens (primary N) is 2. The van der Waals surface area contributed by atoms with E-state index in [9.17, 15) is 19.5 Å². The fourth-order valence-corrected chi connectivity index (χ4v) is 2.60. The van der Waals surface area contributed by atoms with E-state index in [1.807, 2.05) is 0 Å². The van der Waals surface area contributed by atoms with Gasteiger partial charge in [-0.2, -0.15) is 0 Å². The van der Waals surface area contributed by atoms with Crippen molar-refractivity contribution in [2.75, 3.05) is 19.7 Å². The molecule has 0 aliphatic carbocycles. The standard InChI is InChI=1S/C14H26N4O5/c15-6-2-1-4-10(17-12(20)9(16)8-19)13(21)18-7-3-5-11(18)14(22)23/h9-11,19H,1-8,15-16H2,(H,17,20)(H,22,23)/t9-,10-,11+/m0/s1. The SMILES string of the molecule is NCCCC[C@H](NC(=O)[C@@H](N)CO)C(=O)N1CCC[C@@H]1C(=O)O. The molecule has 1 fully saturated rings. The first-order valence-corrected chi connectivity index (χ1v) is 7.82. The zero-order valence-electron chi connectivity index (χ0n) is 13.1. The number of carboxylic acids is 1. The third kappa shape index (κ3) is 5.45. The molecule has 9 nitrogen and oxygen atoms in total. The largest absolute Gasteiger partial charge is 0.480 e. The summed E-state index contributed by atoms with van der Waals surface area (Å²) in [5.74, 6) is -2.11. The maximum Gasteiger partial charge on any atom is 0.326 e. The summed E-state index contributed by atoms with van der Waals surface area (Å²) in [5, 5.41) is 20.6. The average Bonchev–Trinajstić information content (AvgIpc) is 3.02. The summed E-state index contributed by atoms with van der Waals surface area (Å²) < 4.78 is 0. The monoisotopic (exact) mass is 330 g/mol. The van der Waals surface area contributed by atoms with Crippen LogP contribution in [0.1, 0.15) is 32.1 Å². The van der Waals surface area contributed by atoms with Gasteiger partial charge in [0.15, 0.2) is 0 Å². The van der Waals surface area contributed by atoms with Crippen LogP contribution < -0.4 is 16.8 Å². The Morgan fingerprint density at radius 3 is 2.57 bits per heavy atom. The Hall–Kier alpha value is -1.71. The number of likely N-dealkylation sites (tertiary alicyclic amines) is 1. The summed E-state index contributed by atoms with van der Waals surface area (Å²) in [7, 11) is 0. The Balaban J connectivity index is 2.78. The van der Waals surface area contributed by atoms with Gasteiger partial charge in [0.1, 0.15) is 18.1 Å².